The third kappa shape index (κ3) is 5.93. The van der Waals surface area contributed by atoms with Crippen LogP contribution in [0.25, 0.3) is 11.1 Å². The highest BCUT2D eigenvalue weighted by molar-refractivity contribution is 5.89. The molecule has 0 aliphatic heterocycles. The number of rotatable bonds is 8. The Bertz CT molecular complexity index is 817. The van der Waals surface area contributed by atoms with Gasteiger partial charge < -0.3 is 20.5 Å². The van der Waals surface area contributed by atoms with Crippen LogP contribution in [0.3, 0.4) is 0 Å². The summed E-state index contributed by atoms with van der Waals surface area (Å²) in [5, 5.41) is 14.4. The van der Waals surface area contributed by atoms with E-state index in [9.17, 15) is 14.4 Å². The van der Waals surface area contributed by atoms with Gasteiger partial charge in [-0.15, -0.1) is 0 Å². The van der Waals surface area contributed by atoms with E-state index in [-0.39, 0.29) is 24.0 Å². The van der Waals surface area contributed by atoms with Crippen molar-refractivity contribution in [1.82, 2.24) is 10.6 Å². The van der Waals surface area contributed by atoms with Crippen LogP contribution >= 0.6 is 0 Å². The zero-order chi connectivity index (χ0) is 19.8. The summed E-state index contributed by atoms with van der Waals surface area (Å²) in [6.07, 6.45) is 0. The average Bonchev–Trinajstić information content (AvgIpc) is 2.66. The van der Waals surface area contributed by atoms with Crippen LogP contribution in [0.2, 0.25) is 0 Å². The molecule has 0 aliphatic carbocycles. The number of ether oxygens (including phenoxy) is 1. The van der Waals surface area contributed by atoms with Gasteiger partial charge in [-0.1, -0.05) is 36.4 Å². The van der Waals surface area contributed by atoms with Crippen molar-refractivity contribution in [2.75, 3.05) is 13.7 Å². The summed E-state index contributed by atoms with van der Waals surface area (Å²) in [6.45, 7) is 1.73. The van der Waals surface area contributed by atoms with E-state index in [1.807, 2.05) is 30.3 Å². The minimum absolute atomic E-state index is 0.0876. The number of methoxy groups -OCH3 is 1. The van der Waals surface area contributed by atoms with Gasteiger partial charge in [0.2, 0.25) is 11.8 Å². The van der Waals surface area contributed by atoms with Crippen LogP contribution in [-0.2, 0) is 20.9 Å². The lowest BCUT2D eigenvalue weighted by Gasteiger charge is -2.16. The summed E-state index contributed by atoms with van der Waals surface area (Å²) in [5.74, 6) is -1.61. The normalized spacial score (nSPS) is 11.5. The molecule has 3 N–H and O–H groups in total. The Hall–Kier alpha value is -3.19. The smallest absolute Gasteiger partial charge is 0.335 e. The van der Waals surface area contributed by atoms with Crippen molar-refractivity contribution in [2.45, 2.75) is 19.5 Å². The molecule has 1 atom stereocenters. The maximum atomic E-state index is 12.2. The van der Waals surface area contributed by atoms with Crippen LogP contribution in [0.1, 0.15) is 22.8 Å². The summed E-state index contributed by atoms with van der Waals surface area (Å²) in [6, 6.07) is 13.4. The van der Waals surface area contributed by atoms with E-state index in [4.69, 9.17) is 9.84 Å². The average molecular weight is 370 g/mol. The van der Waals surface area contributed by atoms with Gasteiger partial charge >= 0.3 is 5.97 Å². The lowest BCUT2D eigenvalue weighted by molar-refractivity contribution is -0.129. The Morgan fingerprint density at radius 3 is 2.37 bits per heavy atom. The highest BCUT2D eigenvalue weighted by atomic mass is 16.5. The van der Waals surface area contributed by atoms with Crippen LogP contribution in [0.15, 0.2) is 48.5 Å². The number of aromatic carboxylic acids is 1. The van der Waals surface area contributed by atoms with Crippen molar-refractivity contribution < 1.29 is 24.2 Å². The molecule has 0 unspecified atom stereocenters. The molecule has 27 heavy (non-hydrogen) atoms. The van der Waals surface area contributed by atoms with E-state index in [0.29, 0.717) is 6.54 Å². The fourth-order valence-electron chi connectivity index (χ4n) is 2.55. The lowest BCUT2D eigenvalue weighted by Crippen LogP contribution is -2.48. The minimum atomic E-state index is -0.971. The maximum absolute atomic E-state index is 12.2. The molecule has 0 heterocycles. The van der Waals surface area contributed by atoms with Gasteiger partial charge in [0.15, 0.2) is 0 Å². The molecule has 0 fully saturated rings. The number of benzene rings is 2. The largest absolute Gasteiger partial charge is 0.478 e. The van der Waals surface area contributed by atoms with Crippen molar-refractivity contribution in [3.05, 3.63) is 59.7 Å². The number of carbonyl (C=O) groups is 3. The lowest BCUT2D eigenvalue weighted by atomic mass is 10.0. The minimum Gasteiger partial charge on any atom is -0.478 e. The van der Waals surface area contributed by atoms with Gasteiger partial charge in [0, 0.05) is 20.6 Å². The molecule has 0 spiro atoms. The standard InChI is InChI=1S/C20H22N2O5/c1-13(23)22-18(12-27-2)19(24)21-11-14-6-8-15(9-7-14)16-4-3-5-17(10-16)20(25)26/h3-10,18H,11-12H2,1-2H3,(H,21,24)(H,22,23)(H,25,26)/t18-/m1/s1. The highest BCUT2D eigenvalue weighted by Crippen LogP contribution is 2.21. The Labute approximate surface area is 157 Å². The SMILES string of the molecule is COC[C@@H](NC(C)=O)C(=O)NCc1ccc(-c2cccc(C(=O)O)c2)cc1. The van der Waals surface area contributed by atoms with Crippen LogP contribution < -0.4 is 10.6 Å². The van der Waals surface area contributed by atoms with E-state index in [1.165, 1.54) is 14.0 Å². The van der Waals surface area contributed by atoms with Crippen molar-refractivity contribution in [3.63, 3.8) is 0 Å². The number of amides is 2. The molecule has 2 rings (SSSR count). The monoisotopic (exact) mass is 370 g/mol. The van der Waals surface area contributed by atoms with Gasteiger partial charge in [-0.2, -0.15) is 0 Å². The number of carboxylic acid groups (broad SMARTS) is 1. The number of carbonyl (C=O) groups excluding carboxylic acids is 2. The molecular formula is C20H22N2O5. The van der Waals surface area contributed by atoms with E-state index < -0.39 is 12.0 Å². The first-order valence-corrected chi connectivity index (χ1v) is 8.37. The van der Waals surface area contributed by atoms with E-state index in [1.54, 1.807) is 18.2 Å². The first-order chi connectivity index (χ1) is 12.9. The van der Waals surface area contributed by atoms with E-state index in [0.717, 1.165) is 16.7 Å². The fraction of sp³-hybridized carbons (Fsp3) is 0.250. The van der Waals surface area contributed by atoms with Crippen molar-refractivity contribution in [2.24, 2.45) is 0 Å². The highest BCUT2D eigenvalue weighted by Gasteiger charge is 2.18. The van der Waals surface area contributed by atoms with Gasteiger partial charge in [-0.3, -0.25) is 9.59 Å². The van der Waals surface area contributed by atoms with Crippen molar-refractivity contribution in [3.8, 4) is 11.1 Å². The summed E-state index contributed by atoms with van der Waals surface area (Å²) in [7, 11) is 1.46. The molecule has 0 saturated heterocycles. The number of nitrogens with one attached hydrogen (secondary N) is 2. The third-order valence-electron chi connectivity index (χ3n) is 3.89. The molecule has 2 aromatic rings. The number of carboxylic acids is 1. The molecule has 7 heteroatoms. The molecule has 142 valence electrons. The molecule has 0 radical (unpaired) electrons. The van der Waals surface area contributed by atoms with Crippen LogP contribution in [-0.4, -0.2) is 42.6 Å². The third-order valence-corrected chi connectivity index (χ3v) is 3.89. The number of hydrogen-bond acceptors (Lipinski definition) is 4. The van der Waals surface area contributed by atoms with Crippen molar-refractivity contribution in [1.29, 1.82) is 0 Å². The Morgan fingerprint density at radius 2 is 1.78 bits per heavy atom. The van der Waals surface area contributed by atoms with Gasteiger partial charge in [0.1, 0.15) is 6.04 Å². The molecule has 0 aromatic heterocycles. The molecule has 2 amide bonds. The first kappa shape index (κ1) is 20.1. The second-order valence-corrected chi connectivity index (χ2v) is 6.01. The van der Waals surface area contributed by atoms with Crippen molar-refractivity contribution >= 4 is 17.8 Å². The van der Waals surface area contributed by atoms with E-state index >= 15 is 0 Å². The van der Waals surface area contributed by atoms with Gasteiger partial charge in [-0.25, -0.2) is 4.79 Å². The Morgan fingerprint density at radius 1 is 1.07 bits per heavy atom. The van der Waals surface area contributed by atoms with Crippen LogP contribution in [0.4, 0.5) is 0 Å². The second kappa shape index (κ2) is 9.49. The molecular weight excluding hydrogens is 348 g/mol. The fourth-order valence-corrected chi connectivity index (χ4v) is 2.55. The Balaban J connectivity index is 2.01. The van der Waals surface area contributed by atoms with Gasteiger partial charge in [0.05, 0.1) is 12.2 Å². The summed E-state index contributed by atoms with van der Waals surface area (Å²) in [4.78, 5) is 34.4. The molecule has 0 aliphatic rings. The first-order valence-electron chi connectivity index (χ1n) is 8.37. The predicted molar refractivity (Wildman–Crippen MR) is 100 cm³/mol. The van der Waals surface area contributed by atoms with Crippen LogP contribution in [0.5, 0.6) is 0 Å². The quantitative estimate of drug-likeness (QED) is 0.657. The zero-order valence-corrected chi connectivity index (χ0v) is 15.2. The topological polar surface area (TPSA) is 105 Å². The number of hydrogen-bond donors (Lipinski definition) is 3. The molecule has 2 aromatic carbocycles. The van der Waals surface area contributed by atoms with E-state index in [2.05, 4.69) is 10.6 Å². The maximum Gasteiger partial charge on any atom is 0.335 e. The second-order valence-electron chi connectivity index (χ2n) is 6.01. The summed E-state index contributed by atoms with van der Waals surface area (Å²) >= 11 is 0. The predicted octanol–water partition coefficient (Wildman–Crippen LogP) is 1.82. The molecule has 0 bridgehead atoms. The molecule has 7 nitrogen and oxygen atoms in total. The van der Waals surface area contributed by atoms with Gasteiger partial charge in [0.25, 0.3) is 0 Å². The molecule has 0 saturated carbocycles. The summed E-state index contributed by atoms with van der Waals surface area (Å²) in [5.41, 5.74) is 2.78. The van der Waals surface area contributed by atoms with Crippen LogP contribution in [0, 0.1) is 0 Å². The summed E-state index contributed by atoms with van der Waals surface area (Å²) < 4.78 is 4.95. The Kier molecular flexibility index (Phi) is 7.08. The van der Waals surface area contributed by atoms with Gasteiger partial charge in [-0.05, 0) is 28.8 Å². The zero-order valence-electron chi connectivity index (χ0n) is 15.2.